The number of hydrogen-bond acceptors (Lipinski definition) is 3. The Kier molecular flexibility index (Phi) is 5.82. The third-order valence-corrected chi connectivity index (χ3v) is 8.59. The van der Waals surface area contributed by atoms with Gasteiger partial charge in [0.2, 0.25) is 0 Å². The summed E-state index contributed by atoms with van der Waals surface area (Å²) in [6.07, 6.45) is -3.79. The molecule has 36 heavy (non-hydrogen) atoms. The van der Waals surface area contributed by atoms with Crippen LogP contribution < -0.4 is 4.74 Å². The van der Waals surface area contributed by atoms with Crippen LogP contribution in [-0.4, -0.2) is 37.4 Å². The smallest absolute Gasteiger partial charge is 0.431 e. The summed E-state index contributed by atoms with van der Waals surface area (Å²) in [4.78, 5) is 15.5. The Morgan fingerprint density at radius 1 is 0.944 bits per heavy atom. The number of para-hydroxylation sites is 2. The lowest BCUT2D eigenvalue weighted by molar-refractivity contribution is -0.143. The lowest BCUT2D eigenvalue weighted by Gasteiger charge is -2.45. The van der Waals surface area contributed by atoms with Gasteiger partial charge in [0.1, 0.15) is 11.4 Å². The van der Waals surface area contributed by atoms with Gasteiger partial charge in [0.15, 0.2) is 5.60 Å². The van der Waals surface area contributed by atoms with Crippen LogP contribution in [-0.2, 0) is 22.6 Å². The van der Waals surface area contributed by atoms with Crippen LogP contribution in [0.4, 0.5) is 13.2 Å². The van der Waals surface area contributed by atoms with Crippen molar-refractivity contribution < 1.29 is 26.9 Å². The van der Waals surface area contributed by atoms with Crippen LogP contribution >= 0.6 is 0 Å². The first-order chi connectivity index (χ1) is 16.9. The number of ether oxygens (including phenoxy) is 1. The molecule has 0 bridgehead atoms. The second kappa shape index (κ2) is 8.50. The van der Waals surface area contributed by atoms with Crippen molar-refractivity contribution in [1.29, 1.82) is 0 Å². The average Bonchev–Trinajstić information content (AvgIpc) is 3.31. The summed E-state index contributed by atoms with van der Waals surface area (Å²) in [5.74, 6) is 0.231. The molecule has 2 aliphatic rings. The molecule has 1 atom stereocenters. The predicted octanol–water partition coefficient (Wildman–Crippen LogP) is 5.93. The van der Waals surface area contributed by atoms with E-state index in [0.29, 0.717) is 53.5 Å². The van der Waals surface area contributed by atoms with E-state index in [0.717, 1.165) is 6.07 Å². The Morgan fingerprint density at radius 3 is 2.19 bits per heavy atom. The van der Waals surface area contributed by atoms with E-state index < -0.39 is 33.0 Å². The number of nitrogens with zero attached hydrogens (tertiary/aromatic N) is 2. The molecule has 3 aromatic rings. The van der Waals surface area contributed by atoms with E-state index in [1.165, 1.54) is 10.6 Å². The topological polar surface area (TPSA) is 51.5 Å². The number of carbonyl (C=O) groups is 1. The van der Waals surface area contributed by atoms with Gasteiger partial charge in [-0.3, -0.25) is 9.00 Å². The molecule has 1 saturated heterocycles. The number of halogens is 3. The minimum Gasteiger partial charge on any atom is -0.479 e. The monoisotopic (exact) mass is 516 g/mol. The highest BCUT2D eigenvalue weighted by atomic mass is 32.2. The first-order valence-electron chi connectivity index (χ1n) is 11.8. The number of alkyl halides is 3. The molecule has 3 heterocycles. The number of piperidine rings is 1. The summed E-state index contributed by atoms with van der Waals surface area (Å²) in [5, 5.41) is 0. The van der Waals surface area contributed by atoms with Gasteiger partial charge in [0.25, 0.3) is 5.91 Å². The van der Waals surface area contributed by atoms with Crippen LogP contribution in [0.3, 0.4) is 0 Å². The van der Waals surface area contributed by atoms with Gasteiger partial charge in [0, 0.05) is 41.1 Å². The van der Waals surface area contributed by atoms with Crippen molar-refractivity contribution in [2.45, 2.75) is 55.0 Å². The molecule has 1 aromatic heterocycles. The Morgan fingerprint density at radius 2 is 1.58 bits per heavy atom. The molecule has 2 aromatic carbocycles. The molecule has 5 rings (SSSR count). The number of likely N-dealkylation sites (tertiary alicyclic amines) is 1. The van der Waals surface area contributed by atoms with Gasteiger partial charge in [-0.05, 0) is 69.3 Å². The second-order valence-electron chi connectivity index (χ2n) is 10.2. The summed E-state index contributed by atoms with van der Waals surface area (Å²) in [6, 6.07) is 16.1. The van der Waals surface area contributed by atoms with Crippen LogP contribution in [0.1, 0.15) is 55.4 Å². The molecule has 190 valence electrons. The fraction of sp³-hybridized carbons (Fsp3) is 0.370. The van der Waals surface area contributed by atoms with E-state index in [-0.39, 0.29) is 5.91 Å². The highest BCUT2D eigenvalue weighted by Gasteiger charge is 2.48. The van der Waals surface area contributed by atoms with Crippen molar-refractivity contribution in [3.05, 3.63) is 77.6 Å². The van der Waals surface area contributed by atoms with E-state index in [1.807, 2.05) is 20.8 Å². The largest absolute Gasteiger partial charge is 0.479 e. The minimum absolute atomic E-state index is 0.166. The summed E-state index contributed by atoms with van der Waals surface area (Å²) in [7, 11) is -1.20. The molecule has 0 unspecified atom stereocenters. The number of benzene rings is 2. The van der Waals surface area contributed by atoms with Crippen LogP contribution in [0.2, 0.25) is 0 Å². The summed E-state index contributed by atoms with van der Waals surface area (Å²) >= 11 is 0. The van der Waals surface area contributed by atoms with E-state index in [1.54, 1.807) is 53.4 Å². The molecule has 0 radical (unpaired) electrons. The standard InChI is InChI=1S/C27H27F3N2O3S/c1-25(2,3)36(34)19-10-8-18(9-11-19)24(33)31-16-14-26(15-17-31)22-12-13-23(27(28,29)30)32(22)20-6-4-5-7-21(20)35-26/h4-13H,14-17H2,1-3H3/t36-/m0/s1. The molecule has 0 N–H and O–H groups in total. The predicted molar refractivity (Wildman–Crippen MR) is 131 cm³/mol. The fourth-order valence-electron chi connectivity index (χ4n) is 4.95. The average molecular weight is 517 g/mol. The lowest BCUT2D eigenvalue weighted by atomic mass is 9.86. The quantitative estimate of drug-likeness (QED) is 0.425. The zero-order valence-corrected chi connectivity index (χ0v) is 21.1. The molecule has 2 aliphatic heterocycles. The molecule has 1 spiro atoms. The van der Waals surface area contributed by atoms with Gasteiger partial charge in [-0.2, -0.15) is 13.2 Å². The normalized spacial score (nSPS) is 17.8. The van der Waals surface area contributed by atoms with Crippen molar-refractivity contribution in [3.8, 4) is 11.4 Å². The third-order valence-electron chi connectivity index (χ3n) is 6.78. The number of fused-ring (bicyclic) bond motifs is 4. The van der Waals surface area contributed by atoms with Gasteiger partial charge in [-0.25, -0.2) is 0 Å². The van der Waals surface area contributed by atoms with E-state index >= 15 is 0 Å². The highest BCUT2D eigenvalue weighted by Crippen LogP contribution is 2.48. The Bertz CT molecular complexity index is 1330. The maximum Gasteiger partial charge on any atom is 0.431 e. The summed E-state index contributed by atoms with van der Waals surface area (Å²) in [6.45, 7) is 6.36. The van der Waals surface area contributed by atoms with Gasteiger partial charge >= 0.3 is 6.18 Å². The van der Waals surface area contributed by atoms with Crippen molar-refractivity contribution in [2.75, 3.05) is 13.1 Å². The number of amides is 1. The molecule has 0 aliphatic carbocycles. The van der Waals surface area contributed by atoms with Crippen molar-refractivity contribution >= 4 is 16.7 Å². The van der Waals surface area contributed by atoms with Crippen LogP contribution in [0, 0.1) is 0 Å². The zero-order valence-electron chi connectivity index (χ0n) is 20.3. The highest BCUT2D eigenvalue weighted by molar-refractivity contribution is 7.86. The Balaban J connectivity index is 1.39. The number of hydrogen-bond donors (Lipinski definition) is 0. The summed E-state index contributed by atoms with van der Waals surface area (Å²) < 4.78 is 61.3. The van der Waals surface area contributed by atoms with E-state index in [9.17, 15) is 22.2 Å². The summed E-state index contributed by atoms with van der Waals surface area (Å²) in [5.41, 5.74) is -0.393. The van der Waals surface area contributed by atoms with Gasteiger partial charge in [-0.15, -0.1) is 0 Å². The molecule has 0 saturated carbocycles. The molecular formula is C27H27F3N2O3S. The van der Waals surface area contributed by atoms with Gasteiger partial charge in [-0.1, -0.05) is 12.1 Å². The van der Waals surface area contributed by atoms with Gasteiger partial charge in [0.05, 0.1) is 22.2 Å². The van der Waals surface area contributed by atoms with Crippen molar-refractivity contribution in [2.24, 2.45) is 0 Å². The molecule has 5 nitrogen and oxygen atoms in total. The van der Waals surface area contributed by atoms with Gasteiger partial charge < -0.3 is 14.2 Å². The molecular weight excluding hydrogens is 489 g/mol. The van der Waals surface area contributed by atoms with E-state index in [4.69, 9.17) is 4.74 Å². The number of carbonyl (C=O) groups excluding carboxylic acids is 1. The SMILES string of the molecule is CC(C)(C)[S@@](=O)c1ccc(C(=O)N2CCC3(CC2)Oc2ccccc2-n2c(C(F)(F)F)ccc23)cc1. The molecule has 1 fully saturated rings. The van der Waals surface area contributed by atoms with Crippen LogP contribution in [0.25, 0.3) is 5.69 Å². The minimum atomic E-state index is -4.51. The maximum atomic E-state index is 13.8. The lowest BCUT2D eigenvalue weighted by Crippen LogP contribution is -2.50. The zero-order chi connectivity index (χ0) is 25.9. The van der Waals surface area contributed by atoms with Crippen LogP contribution in [0.15, 0.2) is 65.6 Å². The van der Waals surface area contributed by atoms with Crippen molar-refractivity contribution in [1.82, 2.24) is 9.47 Å². The fourth-order valence-corrected chi connectivity index (χ4v) is 6.04. The Labute approximate surface area is 210 Å². The molecule has 9 heteroatoms. The Hall–Kier alpha value is -3.07. The second-order valence-corrected chi connectivity index (χ2v) is 12.4. The first kappa shape index (κ1) is 24.6. The molecule has 1 amide bonds. The van der Waals surface area contributed by atoms with Crippen molar-refractivity contribution in [3.63, 3.8) is 0 Å². The third kappa shape index (κ3) is 4.13. The maximum absolute atomic E-state index is 13.8. The number of rotatable bonds is 2. The first-order valence-corrected chi connectivity index (χ1v) is 12.9. The van der Waals surface area contributed by atoms with E-state index in [2.05, 4.69) is 0 Å². The number of aromatic nitrogens is 1. The van der Waals surface area contributed by atoms with Crippen LogP contribution in [0.5, 0.6) is 5.75 Å².